The lowest BCUT2D eigenvalue weighted by molar-refractivity contribution is -0.140. The molecule has 0 spiro atoms. The van der Waals surface area contributed by atoms with Gasteiger partial charge in [0.25, 0.3) is 0 Å². The van der Waals surface area contributed by atoms with Crippen molar-refractivity contribution in [2.45, 2.75) is 59.2 Å². The number of nitrogens with one attached hydrogen (secondary N) is 1. The van der Waals surface area contributed by atoms with Gasteiger partial charge < -0.3 is 19.7 Å². The largest absolute Gasteiger partial charge is 0.486 e. The third-order valence-electron chi connectivity index (χ3n) is 6.45. The van der Waals surface area contributed by atoms with Gasteiger partial charge in [0.2, 0.25) is 21.8 Å². The highest BCUT2D eigenvalue weighted by molar-refractivity contribution is 7.92. The molecule has 0 fully saturated rings. The molecular formula is C27H36ClN3O6S. The minimum atomic E-state index is -3.85. The molecule has 0 aromatic heterocycles. The standard InChI is InChI=1S/C27H36ClN3O6S/c1-5-19(4)29-27(33)23(6-2)30(17-20-8-10-21(28)11-9-20)26(32)18-31(38(34,35)7-3)22-12-13-24-25(16-22)37-15-14-36-24/h8-13,16,19,23H,5-7,14-15,17-18H2,1-4H3,(H,29,33)/t19-,23-/m0/s1. The molecule has 0 saturated carbocycles. The van der Waals surface area contributed by atoms with Crippen molar-refractivity contribution in [2.75, 3.05) is 29.8 Å². The number of hydrogen-bond acceptors (Lipinski definition) is 6. The predicted molar refractivity (Wildman–Crippen MR) is 148 cm³/mol. The van der Waals surface area contributed by atoms with Gasteiger partial charge in [-0.15, -0.1) is 0 Å². The van der Waals surface area contributed by atoms with Crippen LogP contribution in [0.3, 0.4) is 0 Å². The second-order valence-corrected chi connectivity index (χ2v) is 11.7. The molecule has 3 rings (SSSR count). The Morgan fingerprint density at radius 3 is 2.26 bits per heavy atom. The molecule has 0 unspecified atom stereocenters. The SMILES string of the molecule is CC[C@H](C)NC(=O)[C@H](CC)N(Cc1ccc(Cl)cc1)C(=O)CN(c1ccc2c(c1)OCCO2)S(=O)(=O)CC. The Bertz CT molecular complexity index is 1220. The first-order chi connectivity index (χ1) is 18.1. The van der Waals surface area contributed by atoms with Crippen LogP contribution in [0.15, 0.2) is 42.5 Å². The number of benzene rings is 2. The molecule has 0 radical (unpaired) electrons. The van der Waals surface area contributed by atoms with E-state index >= 15 is 0 Å². The normalized spacial score (nSPS) is 14.3. The first-order valence-corrected chi connectivity index (χ1v) is 14.8. The van der Waals surface area contributed by atoms with Gasteiger partial charge in [-0.2, -0.15) is 0 Å². The predicted octanol–water partition coefficient (Wildman–Crippen LogP) is 3.99. The Morgan fingerprint density at radius 1 is 1.00 bits per heavy atom. The Balaban J connectivity index is 1.97. The van der Waals surface area contributed by atoms with E-state index in [9.17, 15) is 18.0 Å². The zero-order chi connectivity index (χ0) is 27.9. The highest BCUT2D eigenvalue weighted by Gasteiger charge is 2.33. The lowest BCUT2D eigenvalue weighted by atomic mass is 10.1. The fourth-order valence-corrected chi connectivity index (χ4v) is 5.23. The molecule has 2 aromatic rings. The van der Waals surface area contributed by atoms with E-state index in [0.29, 0.717) is 36.2 Å². The second-order valence-electron chi connectivity index (χ2n) is 9.13. The smallest absolute Gasteiger partial charge is 0.244 e. The molecule has 2 atom stereocenters. The summed E-state index contributed by atoms with van der Waals surface area (Å²) in [5.74, 6) is -0.0731. The molecule has 1 aliphatic rings. The van der Waals surface area contributed by atoms with E-state index in [1.807, 2.05) is 20.8 Å². The van der Waals surface area contributed by atoms with Crippen LogP contribution >= 0.6 is 11.6 Å². The maximum atomic E-state index is 13.9. The molecule has 38 heavy (non-hydrogen) atoms. The van der Waals surface area contributed by atoms with Crippen LogP contribution < -0.4 is 19.1 Å². The van der Waals surface area contributed by atoms with Gasteiger partial charge in [0.05, 0.1) is 11.4 Å². The van der Waals surface area contributed by atoms with Crippen molar-refractivity contribution in [3.8, 4) is 11.5 Å². The summed E-state index contributed by atoms with van der Waals surface area (Å²) in [6.07, 6.45) is 1.09. The molecule has 1 aliphatic heterocycles. The summed E-state index contributed by atoms with van der Waals surface area (Å²) in [4.78, 5) is 28.5. The summed E-state index contributed by atoms with van der Waals surface area (Å²) in [5.41, 5.74) is 1.05. The van der Waals surface area contributed by atoms with Crippen LogP contribution in [0.1, 0.15) is 46.1 Å². The number of nitrogens with zero attached hydrogens (tertiary/aromatic N) is 2. The topological polar surface area (TPSA) is 105 Å². The summed E-state index contributed by atoms with van der Waals surface area (Å²) in [7, 11) is -3.85. The van der Waals surface area contributed by atoms with Crippen LogP contribution in [0.5, 0.6) is 11.5 Å². The van der Waals surface area contributed by atoms with Crippen LogP contribution in [0, 0.1) is 0 Å². The number of fused-ring (bicyclic) bond motifs is 1. The molecular weight excluding hydrogens is 530 g/mol. The van der Waals surface area contributed by atoms with Crippen molar-refractivity contribution in [1.82, 2.24) is 10.2 Å². The van der Waals surface area contributed by atoms with Crippen LogP contribution in [-0.2, 0) is 26.2 Å². The second kappa shape index (κ2) is 13.2. The van der Waals surface area contributed by atoms with Gasteiger partial charge in [0.15, 0.2) is 11.5 Å². The summed E-state index contributed by atoms with van der Waals surface area (Å²) < 4.78 is 38.6. The van der Waals surface area contributed by atoms with E-state index in [1.54, 1.807) is 42.5 Å². The van der Waals surface area contributed by atoms with Crippen LogP contribution in [0.25, 0.3) is 0 Å². The van der Waals surface area contributed by atoms with E-state index in [1.165, 1.54) is 11.8 Å². The number of sulfonamides is 1. The van der Waals surface area contributed by atoms with Crippen LogP contribution in [-0.4, -0.2) is 62.7 Å². The first kappa shape index (κ1) is 29.6. The zero-order valence-electron chi connectivity index (χ0n) is 22.3. The van der Waals surface area contributed by atoms with Crippen molar-refractivity contribution in [3.63, 3.8) is 0 Å². The molecule has 0 bridgehead atoms. The minimum Gasteiger partial charge on any atom is -0.486 e. The summed E-state index contributed by atoms with van der Waals surface area (Å²) in [6.45, 7) is 7.58. The van der Waals surface area contributed by atoms with Crippen LogP contribution in [0.4, 0.5) is 5.69 Å². The fraction of sp³-hybridized carbons (Fsp3) is 0.481. The summed E-state index contributed by atoms with van der Waals surface area (Å²) in [5, 5.41) is 3.50. The lowest BCUT2D eigenvalue weighted by Crippen LogP contribution is -2.53. The average Bonchev–Trinajstić information content (AvgIpc) is 2.92. The zero-order valence-corrected chi connectivity index (χ0v) is 23.8. The van der Waals surface area contributed by atoms with Crippen molar-refractivity contribution in [2.24, 2.45) is 0 Å². The Labute approximate surface area is 230 Å². The molecule has 11 heteroatoms. The molecule has 1 N–H and O–H groups in total. The van der Waals surface area contributed by atoms with Gasteiger partial charge in [0.1, 0.15) is 25.8 Å². The first-order valence-electron chi connectivity index (χ1n) is 12.8. The van der Waals surface area contributed by atoms with Gasteiger partial charge in [-0.05, 0) is 56.5 Å². The molecule has 2 amide bonds. The molecule has 0 aliphatic carbocycles. The van der Waals surface area contributed by atoms with Crippen LogP contribution in [0.2, 0.25) is 5.02 Å². The molecule has 0 saturated heterocycles. The Morgan fingerprint density at radius 2 is 1.66 bits per heavy atom. The number of carbonyl (C=O) groups is 2. The number of anilines is 1. The molecule has 2 aromatic carbocycles. The summed E-state index contributed by atoms with van der Waals surface area (Å²) in [6, 6.07) is 10.9. The van der Waals surface area contributed by atoms with Gasteiger partial charge in [-0.3, -0.25) is 13.9 Å². The average molecular weight is 566 g/mol. The summed E-state index contributed by atoms with van der Waals surface area (Å²) >= 11 is 6.04. The highest BCUT2D eigenvalue weighted by Crippen LogP contribution is 2.35. The highest BCUT2D eigenvalue weighted by atomic mass is 35.5. The van der Waals surface area contributed by atoms with E-state index in [2.05, 4.69) is 5.32 Å². The van der Waals surface area contributed by atoms with Crippen molar-refractivity contribution < 1.29 is 27.5 Å². The number of halogens is 1. The molecule has 208 valence electrons. The van der Waals surface area contributed by atoms with E-state index in [0.717, 1.165) is 16.3 Å². The maximum absolute atomic E-state index is 13.9. The third kappa shape index (κ3) is 7.32. The van der Waals surface area contributed by atoms with Gasteiger partial charge in [-0.1, -0.05) is 37.6 Å². The van der Waals surface area contributed by atoms with E-state index < -0.39 is 28.5 Å². The number of hydrogen-bond donors (Lipinski definition) is 1. The Hall–Kier alpha value is -2.98. The minimum absolute atomic E-state index is 0.0706. The van der Waals surface area contributed by atoms with E-state index in [4.69, 9.17) is 21.1 Å². The van der Waals surface area contributed by atoms with Gasteiger partial charge in [-0.25, -0.2) is 8.42 Å². The Kier molecular flexibility index (Phi) is 10.3. The monoisotopic (exact) mass is 565 g/mol. The fourth-order valence-electron chi connectivity index (χ4n) is 4.05. The number of ether oxygens (including phenoxy) is 2. The molecule has 1 heterocycles. The number of carbonyl (C=O) groups excluding carboxylic acids is 2. The van der Waals surface area contributed by atoms with Gasteiger partial charge >= 0.3 is 0 Å². The van der Waals surface area contributed by atoms with Crippen molar-refractivity contribution in [1.29, 1.82) is 0 Å². The lowest BCUT2D eigenvalue weighted by Gasteiger charge is -2.34. The van der Waals surface area contributed by atoms with E-state index in [-0.39, 0.29) is 29.9 Å². The quantitative estimate of drug-likeness (QED) is 0.417. The molecule has 9 nitrogen and oxygen atoms in total. The number of amides is 2. The third-order valence-corrected chi connectivity index (χ3v) is 8.44. The van der Waals surface area contributed by atoms with Crippen molar-refractivity contribution in [3.05, 3.63) is 53.1 Å². The maximum Gasteiger partial charge on any atom is 0.244 e. The van der Waals surface area contributed by atoms with Gasteiger partial charge in [0, 0.05) is 23.7 Å². The number of rotatable bonds is 12. The van der Waals surface area contributed by atoms with Crippen molar-refractivity contribution >= 4 is 39.1 Å².